The van der Waals surface area contributed by atoms with Gasteiger partial charge in [-0.2, -0.15) is 0 Å². The molecular weight excluding hydrogens is 450 g/mol. The summed E-state index contributed by atoms with van der Waals surface area (Å²) >= 11 is 3.58. The van der Waals surface area contributed by atoms with Crippen molar-refractivity contribution in [1.29, 1.82) is 0 Å². The van der Waals surface area contributed by atoms with Crippen LogP contribution in [0.15, 0.2) is 93.8 Å². The summed E-state index contributed by atoms with van der Waals surface area (Å²) in [4.78, 5) is 6.69. The number of furan rings is 1. The van der Waals surface area contributed by atoms with Crippen molar-refractivity contribution in [3.63, 3.8) is 0 Å². The molecule has 2 heterocycles. The fourth-order valence-electron chi connectivity index (χ4n) is 4.86. The molecule has 154 valence electrons. The first-order chi connectivity index (χ1) is 15.3. The molecule has 6 rings (SSSR count). The molecule has 0 N–H and O–H groups in total. The van der Waals surface area contributed by atoms with Gasteiger partial charge in [0.05, 0.1) is 5.69 Å². The molecule has 31 heavy (non-hydrogen) atoms. The Hall–Kier alpha value is -2.82. The average Bonchev–Trinajstić information content (AvgIpc) is 3.22. The third-order valence-electron chi connectivity index (χ3n) is 6.23. The van der Waals surface area contributed by atoms with Crippen molar-refractivity contribution in [3.8, 4) is 11.3 Å². The molecule has 2 atom stereocenters. The fourth-order valence-corrected chi connectivity index (χ4v) is 5.13. The Morgan fingerprint density at radius 1 is 0.806 bits per heavy atom. The van der Waals surface area contributed by atoms with E-state index in [0.29, 0.717) is 0 Å². The lowest BCUT2D eigenvalue weighted by atomic mass is 9.84. The van der Waals surface area contributed by atoms with Gasteiger partial charge < -0.3 is 4.42 Å². The third-order valence-corrected chi connectivity index (χ3v) is 6.76. The number of para-hydroxylation sites is 1. The normalized spacial score (nSPS) is 19.8. The van der Waals surface area contributed by atoms with E-state index < -0.39 is 0 Å². The Morgan fingerprint density at radius 3 is 2.26 bits per heavy atom. The molecule has 0 spiro atoms. The lowest BCUT2D eigenvalue weighted by Crippen LogP contribution is -2.37. The first-order valence-corrected chi connectivity index (χ1v) is 11.6. The molecule has 0 amide bonds. The van der Waals surface area contributed by atoms with Crippen LogP contribution < -0.4 is 5.06 Å². The summed E-state index contributed by atoms with van der Waals surface area (Å²) in [6.07, 6.45) is 3.06. The summed E-state index contributed by atoms with van der Waals surface area (Å²) in [6, 6.07) is 29.3. The van der Waals surface area contributed by atoms with Gasteiger partial charge in [-0.1, -0.05) is 76.6 Å². The maximum Gasteiger partial charge on any atom is 0.140 e. The van der Waals surface area contributed by atoms with Gasteiger partial charge in [-0.3, -0.25) is 4.84 Å². The predicted octanol–water partition coefficient (Wildman–Crippen LogP) is 7.63. The zero-order valence-electron chi connectivity index (χ0n) is 17.0. The number of halogens is 1. The molecule has 1 aromatic heterocycles. The molecule has 0 bridgehead atoms. The first kappa shape index (κ1) is 18.9. The van der Waals surface area contributed by atoms with Gasteiger partial charge in [-0.05, 0) is 42.7 Å². The fraction of sp³-hybridized carbons (Fsp3) is 0.185. The lowest BCUT2D eigenvalue weighted by Gasteiger charge is -2.42. The van der Waals surface area contributed by atoms with Crippen molar-refractivity contribution in [2.24, 2.45) is 0 Å². The molecule has 0 saturated heterocycles. The van der Waals surface area contributed by atoms with Crippen LogP contribution in [0.1, 0.15) is 47.4 Å². The van der Waals surface area contributed by atoms with E-state index >= 15 is 0 Å². The highest BCUT2D eigenvalue weighted by Gasteiger charge is 2.43. The molecule has 2 aliphatic rings. The molecule has 4 aromatic rings. The Morgan fingerprint density at radius 2 is 1.52 bits per heavy atom. The summed E-state index contributed by atoms with van der Waals surface area (Å²) in [6.45, 7) is 0. The third kappa shape index (κ3) is 3.22. The minimum absolute atomic E-state index is 0.0202. The topological polar surface area (TPSA) is 25.6 Å². The van der Waals surface area contributed by atoms with Gasteiger partial charge in [0.1, 0.15) is 23.7 Å². The number of rotatable bonds is 3. The maximum absolute atomic E-state index is 6.69. The quantitative estimate of drug-likeness (QED) is 0.307. The summed E-state index contributed by atoms with van der Waals surface area (Å²) < 4.78 is 7.63. The SMILES string of the molecule is Brc1ccc([C@@H]2c3c(-c4ccccc4)oc4c3[C@H](CCC4)ON2c2ccccc2)cc1. The largest absolute Gasteiger partial charge is 0.460 e. The van der Waals surface area contributed by atoms with Crippen LogP contribution >= 0.6 is 15.9 Å². The zero-order valence-corrected chi connectivity index (χ0v) is 18.6. The van der Waals surface area contributed by atoms with Crippen molar-refractivity contribution in [3.05, 3.63) is 112 Å². The number of hydrogen-bond donors (Lipinski definition) is 0. The van der Waals surface area contributed by atoms with Crippen LogP contribution in [0.5, 0.6) is 0 Å². The number of anilines is 1. The number of hydroxylamine groups is 1. The Bertz CT molecular complexity index is 1200. The van der Waals surface area contributed by atoms with Gasteiger partial charge in [-0.15, -0.1) is 0 Å². The number of aryl methyl sites for hydroxylation is 1. The predicted molar refractivity (Wildman–Crippen MR) is 126 cm³/mol. The molecule has 4 heteroatoms. The highest BCUT2D eigenvalue weighted by Crippen LogP contribution is 2.52. The van der Waals surface area contributed by atoms with Crippen LogP contribution in [0.25, 0.3) is 11.3 Å². The second-order valence-electron chi connectivity index (χ2n) is 8.15. The van der Waals surface area contributed by atoms with Crippen molar-refractivity contribution < 1.29 is 9.25 Å². The minimum atomic E-state index is -0.0902. The summed E-state index contributed by atoms with van der Waals surface area (Å²) in [5.41, 5.74) is 5.83. The lowest BCUT2D eigenvalue weighted by molar-refractivity contribution is -0.00357. The van der Waals surface area contributed by atoms with Gasteiger partial charge in [-0.25, -0.2) is 5.06 Å². The molecule has 0 radical (unpaired) electrons. The molecule has 1 aliphatic heterocycles. The van der Waals surface area contributed by atoms with E-state index in [2.05, 4.69) is 93.8 Å². The van der Waals surface area contributed by atoms with Crippen LogP contribution in [0.4, 0.5) is 5.69 Å². The van der Waals surface area contributed by atoms with Crippen LogP contribution in [0.3, 0.4) is 0 Å². The molecule has 1 aliphatic carbocycles. The Labute approximate surface area is 190 Å². The molecule has 0 unspecified atom stereocenters. The van der Waals surface area contributed by atoms with Gasteiger partial charge in [0.25, 0.3) is 0 Å². The van der Waals surface area contributed by atoms with Gasteiger partial charge in [0, 0.05) is 27.6 Å². The van der Waals surface area contributed by atoms with Crippen LogP contribution in [-0.4, -0.2) is 0 Å². The summed E-state index contributed by atoms with van der Waals surface area (Å²) in [5, 5.41) is 2.09. The monoisotopic (exact) mass is 471 g/mol. The first-order valence-electron chi connectivity index (χ1n) is 10.8. The highest BCUT2D eigenvalue weighted by molar-refractivity contribution is 9.10. The van der Waals surface area contributed by atoms with E-state index in [4.69, 9.17) is 9.25 Å². The summed E-state index contributed by atoms with van der Waals surface area (Å²) in [7, 11) is 0. The smallest absolute Gasteiger partial charge is 0.140 e. The van der Waals surface area contributed by atoms with Gasteiger partial charge >= 0.3 is 0 Å². The summed E-state index contributed by atoms with van der Waals surface area (Å²) in [5.74, 6) is 2.05. The second-order valence-corrected chi connectivity index (χ2v) is 9.07. The molecule has 3 nitrogen and oxygen atoms in total. The minimum Gasteiger partial charge on any atom is -0.460 e. The van der Waals surface area contributed by atoms with E-state index in [-0.39, 0.29) is 12.1 Å². The highest BCUT2D eigenvalue weighted by atomic mass is 79.9. The standard InChI is InChI=1S/C27H22BrNO2/c28-20-16-14-18(15-17-20)26-25-24-22(30-27(25)19-8-3-1-4-9-19)12-7-13-23(24)31-29(26)21-10-5-2-6-11-21/h1-6,8-11,14-17,23,26H,7,12-13H2/t23-,26+/m0/s1. The van der Waals surface area contributed by atoms with Crippen LogP contribution in [-0.2, 0) is 11.3 Å². The van der Waals surface area contributed by atoms with E-state index in [1.807, 2.05) is 12.1 Å². The average molecular weight is 472 g/mol. The number of benzene rings is 3. The molecule has 0 saturated carbocycles. The Balaban J connectivity index is 1.62. The van der Waals surface area contributed by atoms with Crippen molar-refractivity contribution >= 4 is 21.6 Å². The van der Waals surface area contributed by atoms with E-state index in [1.54, 1.807) is 0 Å². The van der Waals surface area contributed by atoms with E-state index in [0.717, 1.165) is 46.5 Å². The van der Waals surface area contributed by atoms with Crippen molar-refractivity contribution in [2.75, 3.05) is 5.06 Å². The second kappa shape index (κ2) is 7.70. The van der Waals surface area contributed by atoms with Crippen LogP contribution in [0.2, 0.25) is 0 Å². The van der Waals surface area contributed by atoms with Gasteiger partial charge in [0.15, 0.2) is 0 Å². The van der Waals surface area contributed by atoms with E-state index in [1.165, 1.54) is 16.7 Å². The number of hydrogen-bond acceptors (Lipinski definition) is 3. The van der Waals surface area contributed by atoms with E-state index in [9.17, 15) is 0 Å². The zero-order chi connectivity index (χ0) is 20.8. The van der Waals surface area contributed by atoms with Gasteiger partial charge in [0.2, 0.25) is 0 Å². The Kier molecular flexibility index (Phi) is 4.70. The number of nitrogens with zero attached hydrogens (tertiary/aromatic N) is 1. The van der Waals surface area contributed by atoms with Crippen molar-refractivity contribution in [1.82, 2.24) is 0 Å². The maximum atomic E-state index is 6.69. The molecular formula is C27H22BrNO2. The molecule has 3 aromatic carbocycles. The van der Waals surface area contributed by atoms with Crippen molar-refractivity contribution in [2.45, 2.75) is 31.4 Å². The van der Waals surface area contributed by atoms with Crippen LogP contribution in [0, 0.1) is 0 Å². The molecule has 0 fully saturated rings.